The highest BCUT2D eigenvalue weighted by Gasteiger charge is 2.15. The number of rotatable bonds is 8. The van der Waals surface area contributed by atoms with Crippen LogP contribution in [0.25, 0.3) is 0 Å². The van der Waals surface area contributed by atoms with Gasteiger partial charge in [-0.25, -0.2) is 0 Å². The molecule has 3 N–H and O–H groups in total. The van der Waals surface area contributed by atoms with E-state index >= 15 is 0 Å². The molecule has 2 amide bonds. The molecule has 5 heteroatoms. The van der Waals surface area contributed by atoms with Crippen LogP contribution in [0.5, 0.6) is 0 Å². The van der Waals surface area contributed by atoms with Crippen LogP contribution in [-0.2, 0) is 9.59 Å². The minimum absolute atomic E-state index is 0.0478. The maximum atomic E-state index is 12.1. The van der Waals surface area contributed by atoms with Gasteiger partial charge in [-0.1, -0.05) is 55.0 Å². The average Bonchev–Trinajstić information content (AvgIpc) is 2.62. The molecular formula is C21H28N3O2+. The van der Waals surface area contributed by atoms with E-state index in [-0.39, 0.29) is 30.8 Å². The second kappa shape index (κ2) is 9.73. The number of carbonyl (C=O) groups is 2. The molecule has 0 saturated carbocycles. The number of anilines is 1. The maximum Gasteiger partial charge on any atom is 0.279 e. The highest BCUT2D eigenvalue weighted by Crippen LogP contribution is 2.12. The summed E-state index contributed by atoms with van der Waals surface area (Å²) in [7, 11) is 1.84. The van der Waals surface area contributed by atoms with Crippen LogP contribution in [-0.4, -0.2) is 38.5 Å². The third-order valence-corrected chi connectivity index (χ3v) is 4.23. The lowest BCUT2D eigenvalue weighted by Crippen LogP contribution is -3.11. The molecule has 2 atom stereocenters. The van der Waals surface area contributed by atoms with Gasteiger partial charge in [0.05, 0.1) is 7.05 Å². The van der Waals surface area contributed by atoms with Crippen molar-refractivity contribution in [2.24, 2.45) is 0 Å². The summed E-state index contributed by atoms with van der Waals surface area (Å²) in [6.45, 7) is 5.19. The summed E-state index contributed by atoms with van der Waals surface area (Å²) >= 11 is 0. The summed E-state index contributed by atoms with van der Waals surface area (Å²) in [5.41, 5.74) is 3.12. The molecule has 0 aromatic heterocycles. The van der Waals surface area contributed by atoms with Crippen molar-refractivity contribution in [3.05, 3.63) is 65.7 Å². The molecule has 2 aromatic rings. The number of carbonyl (C=O) groups excluding carboxylic acids is 2. The zero-order valence-electron chi connectivity index (χ0n) is 15.7. The van der Waals surface area contributed by atoms with E-state index in [4.69, 9.17) is 0 Å². The lowest BCUT2D eigenvalue weighted by Gasteiger charge is -2.16. The Hall–Kier alpha value is -2.66. The van der Waals surface area contributed by atoms with Gasteiger partial charge >= 0.3 is 0 Å². The zero-order valence-corrected chi connectivity index (χ0v) is 15.7. The van der Waals surface area contributed by atoms with E-state index in [1.807, 2.05) is 56.4 Å². The van der Waals surface area contributed by atoms with Crippen molar-refractivity contribution >= 4 is 17.5 Å². The molecule has 1 unspecified atom stereocenters. The van der Waals surface area contributed by atoms with E-state index in [0.29, 0.717) is 6.54 Å². The van der Waals surface area contributed by atoms with Gasteiger partial charge in [0.1, 0.15) is 0 Å². The zero-order chi connectivity index (χ0) is 18.9. The molecule has 0 heterocycles. The number of hydrogen-bond acceptors (Lipinski definition) is 2. The molecule has 0 fully saturated rings. The van der Waals surface area contributed by atoms with Crippen molar-refractivity contribution in [3.63, 3.8) is 0 Å². The molecular weight excluding hydrogens is 326 g/mol. The van der Waals surface area contributed by atoms with Crippen LogP contribution < -0.4 is 15.5 Å². The van der Waals surface area contributed by atoms with E-state index in [1.165, 1.54) is 5.56 Å². The van der Waals surface area contributed by atoms with Crippen LogP contribution in [0.1, 0.15) is 24.0 Å². The van der Waals surface area contributed by atoms with E-state index in [0.717, 1.165) is 16.2 Å². The first kappa shape index (κ1) is 19.7. The lowest BCUT2D eigenvalue weighted by molar-refractivity contribution is -0.862. The first-order valence-corrected chi connectivity index (χ1v) is 8.93. The Morgan fingerprint density at radius 2 is 1.58 bits per heavy atom. The Kier molecular flexibility index (Phi) is 7.36. The van der Waals surface area contributed by atoms with Crippen LogP contribution in [0, 0.1) is 6.92 Å². The van der Waals surface area contributed by atoms with Gasteiger partial charge in [-0.15, -0.1) is 0 Å². The second-order valence-electron chi connectivity index (χ2n) is 6.84. The smallest absolute Gasteiger partial charge is 0.279 e. The van der Waals surface area contributed by atoms with Crippen molar-refractivity contribution in [1.82, 2.24) is 5.32 Å². The summed E-state index contributed by atoms with van der Waals surface area (Å²) in [6.07, 6.45) is 0. The highest BCUT2D eigenvalue weighted by molar-refractivity contribution is 5.91. The third kappa shape index (κ3) is 6.69. The number of likely N-dealkylation sites (N-methyl/N-ethyl adjacent to an activating group) is 1. The summed E-state index contributed by atoms with van der Waals surface area (Å²) in [6, 6.07) is 17.8. The monoisotopic (exact) mass is 354 g/mol. The van der Waals surface area contributed by atoms with Gasteiger partial charge in [0.2, 0.25) is 0 Å². The van der Waals surface area contributed by atoms with E-state index < -0.39 is 0 Å². The standard InChI is InChI=1S/C21H27N3O2/c1-16-9-11-19(12-10-16)23-21(26)15-24(3)14-20(25)22-13-17(2)18-7-5-4-6-8-18/h4-12,17H,13-15H2,1-3H3,(H,22,25)(H,23,26)/p+1/t17-/m0/s1. The molecule has 26 heavy (non-hydrogen) atoms. The Balaban J connectivity index is 1.71. The normalized spacial score (nSPS) is 12.9. The van der Waals surface area contributed by atoms with Crippen molar-refractivity contribution < 1.29 is 14.5 Å². The number of hydrogen-bond donors (Lipinski definition) is 3. The predicted octanol–water partition coefficient (Wildman–Crippen LogP) is 1.37. The molecule has 2 rings (SSSR count). The molecule has 2 aromatic carbocycles. The fourth-order valence-corrected chi connectivity index (χ4v) is 2.68. The SMILES string of the molecule is Cc1ccc(NC(=O)C[NH+](C)CC(=O)NC[C@H](C)c2ccccc2)cc1. The minimum Gasteiger partial charge on any atom is -0.351 e. The number of amides is 2. The first-order chi connectivity index (χ1) is 12.4. The van der Waals surface area contributed by atoms with E-state index in [2.05, 4.69) is 29.7 Å². The van der Waals surface area contributed by atoms with Crippen molar-refractivity contribution in [2.75, 3.05) is 32.0 Å². The quantitative estimate of drug-likeness (QED) is 0.670. The van der Waals surface area contributed by atoms with Crippen LogP contribution >= 0.6 is 0 Å². The van der Waals surface area contributed by atoms with Gasteiger partial charge in [0.25, 0.3) is 11.8 Å². The summed E-state index contributed by atoms with van der Waals surface area (Å²) in [5, 5.41) is 5.80. The fraction of sp³-hybridized carbons (Fsp3) is 0.333. The summed E-state index contributed by atoms with van der Waals surface area (Å²) in [5.74, 6) is 0.107. The van der Waals surface area contributed by atoms with Gasteiger partial charge in [-0.05, 0) is 30.5 Å². The first-order valence-electron chi connectivity index (χ1n) is 8.93. The van der Waals surface area contributed by atoms with Gasteiger partial charge in [-0.2, -0.15) is 0 Å². The summed E-state index contributed by atoms with van der Waals surface area (Å²) < 4.78 is 0. The molecule has 0 saturated heterocycles. The molecule has 0 aliphatic carbocycles. The number of benzene rings is 2. The minimum atomic E-state index is -0.100. The highest BCUT2D eigenvalue weighted by atomic mass is 16.2. The molecule has 138 valence electrons. The molecule has 0 aliphatic rings. The van der Waals surface area contributed by atoms with Crippen LogP contribution in [0.2, 0.25) is 0 Å². The number of aryl methyl sites for hydroxylation is 1. The van der Waals surface area contributed by atoms with Crippen molar-refractivity contribution in [1.29, 1.82) is 0 Å². The summed E-state index contributed by atoms with van der Waals surface area (Å²) in [4.78, 5) is 25.0. The predicted molar refractivity (Wildman–Crippen MR) is 104 cm³/mol. The maximum absolute atomic E-state index is 12.1. The number of quaternary nitrogens is 1. The van der Waals surface area contributed by atoms with Gasteiger partial charge in [-0.3, -0.25) is 9.59 Å². The molecule has 5 nitrogen and oxygen atoms in total. The Morgan fingerprint density at radius 1 is 0.962 bits per heavy atom. The van der Waals surface area contributed by atoms with Crippen LogP contribution in [0.4, 0.5) is 5.69 Å². The molecule has 0 spiro atoms. The van der Waals surface area contributed by atoms with E-state index in [9.17, 15) is 9.59 Å². The largest absolute Gasteiger partial charge is 0.351 e. The van der Waals surface area contributed by atoms with Gasteiger partial charge in [0.15, 0.2) is 13.1 Å². The van der Waals surface area contributed by atoms with Gasteiger partial charge in [0, 0.05) is 12.2 Å². The average molecular weight is 354 g/mol. The van der Waals surface area contributed by atoms with Crippen LogP contribution in [0.3, 0.4) is 0 Å². The second-order valence-corrected chi connectivity index (χ2v) is 6.84. The third-order valence-electron chi connectivity index (χ3n) is 4.23. The Morgan fingerprint density at radius 3 is 2.23 bits per heavy atom. The topological polar surface area (TPSA) is 62.6 Å². The van der Waals surface area contributed by atoms with Crippen molar-refractivity contribution in [3.8, 4) is 0 Å². The fourth-order valence-electron chi connectivity index (χ4n) is 2.68. The van der Waals surface area contributed by atoms with Gasteiger partial charge < -0.3 is 15.5 Å². The Bertz CT molecular complexity index is 714. The van der Waals surface area contributed by atoms with E-state index in [1.54, 1.807) is 0 Å². The molecule has 0 aliphatic heterocycles. The molecule has 0 radical (unpaired) electrons. The Labute approximate surface area is 155 Å². The van der Waals surface area contributed by atoms with Crippen molar-refractivity contribution in [2.45, 2.75) is 19.8 Å². The lowest BCUT2D eigenvalue weighted by atomic mass is 10.0. The molecule has 0 bridgehead atoms. The van der Waals surface area contributed by atoms with Crippen LogP contribution in [0.15, 0.2) is 54.6 Å². The number of nitrogens with one attached hydrogen (secondary N) is 3.